The molecule has 4 nitrogen and oxygen atoms in total. The van der Waals surface area contributed by atoms with Gasteiger partial charge >= 0.3 is 0 Å². The van der Waals surface area contributed by atoms with Gasteiger partial charge in [0.1, 0.15) is 5.82 Å². The van der Waals surface area contributed by atoms with Gasteiger partial charge in [-0.15, -0.1) is 35.0 Å². The SMILES string of the molecule is CNCc1nnc(C)n1-c1ccccc1.Cl.Cl. The molecule has 0 spiro atoms. The first-order valence-corrected chi connectivity index (χ1v) is 4.94. The summed E-state index contributed by atoms with van der Waals surface area (Å²) in [5.41, 5.74) is 1.10. The molecule has 1 aromatic carbocycles. The number of aromatic nitrogens is 3. The Balaban J connectivity index is 0.00000128. The summed E-state index contributed by atoms with van der Waals surface area (Å²) >= 11 is 0. The Kier molecular flexibility index (Phi) is 6.80. The zero-order chi connectivity index (χ0) is 10.7. The fourth-order valence-corrected chi connectivity index (χ4v) is 1.59. The van der Waals surface area contributed by atoms with E-state index >= 15 is 0 Å². The van der Waals surface area contributed by atoms with Crippen LogP contribution in [-0.4, -0.2) is 21.8 Å². The molecule has 1 aromatic heterocycles. The van der Waals surface area contributed by atoms with Gasteiger partial charge in [-0.1, -0.05) is 18.2 Å². The third-order valence-electron chi connectivity index (χ3n) is 2.24. The number of nitrogens with one attached hydrogen (secondary N) is 1. The normalized spacial score (nSPS) is 9.29. The molecule has 0 bridgehead atoms. The van der Waals surface area contributed by atoms with Crippen LogP contribution in [-0.2, 0) is 6.54 Å². The van der Waals surface area contributed by atoms with Crippen molar-refractivity contribution in [3.05, 3.63) is 42.0 Å². The van der Waals surface area contributed by atoms with E-state index in [1.54, 1.807) is 0 Å². The average molecular weight is 275 g/mol. The summed E-state index contributed by atoms with van der Waals surface area (Å²) in [4.78, 5) is 0. The lowest BCUT2D eigenvalue weighted by Crippen LogP contribution is -2.11. The molecule has 0 aliphatic carbocycles. The van der Waals surface area contributed by atoms with E-state index in [2.05, 4.69) is 32.2 Å². The molecule has 1 N–H and O–H groups in total. The van der Waals surface area contributed by atoms with Crippen LogP contribution in [0, 0.1) is 6.92 Å². The topological polar surface area (TPSA) is 42.7 Å². The van der Waals surface area contributed by atoms with Crippen molar-refractivity contribution in [3.63, 3.8) is 0 Å². The van der Waals surface area contributed by atoms with E-state index in [1.807, 2.05) is 32.2 Å². The van der Waals surface area contributed by atoms with Crippen molar-refractivity contribution in [1.82, 2.24) is 20.1 Å². The van der Waals surface area contributed by atoms with Crippen LogP contribution in [0.25, 0.3) is 5.69 Å². The third-order valence-corrected chi connectivity index (χ3v) is 2.24. The highest BCUT2D eigenvalue weighted by molar-refractivity contribution is 5.85. The van der Waals surface area contributed by atoms with E-state index in [9.17, 15) is 0 Å². The number of aryl methyl sites for hydroxylation is 1. The first-order valence-electron chi connectivity index (χ1n) is 4.94. The Hall–Kier alpha value is -1.10. The second kappa shape index (κ2) is 7.27. The van der Waals surface area contributed by atoms with Crippen LogP contribution in [0.4, 0.5) is 0 Å². The molecule has 0 saturated carbocycles. The summed E-state index contributed by atoms with van der Waals surface area (Å²) < 4.78 is 2.05. The van der Waals surface area contributed by atoms with Crippen LogP contribution >= 0.6 is 24.8 Å². The van der Waals surface area contributed by atoms with Gasteiger partial charge in [-0.2, -0.15) is 0 Å². The van der Waals surface area contributed by atoms with Gasteiger partial charge in [-0.25, -0.2) is 0 Å². The molecule has 0 atom stereocenters. The monoisotopic (exact) mass is 274 g/mol. The Morgan fingerprint density at radius 2 is 1.76 bits per heavy atom. The van der Waals surface area contributed by atoms with E-state index < -0.39 is 0 Å². The van der Waals surface area contributed by atoms with Crippen molar-refractivity contribution in [1.29, 1.82) is 0 Å². The van der Waals surface area contributed by atoms with Gasteiger partial charge in [0.2, 0.25) is 0 Å². The maximum Gasteiger partial charge on any atom is 0.151 e. The Bertz CT molecular complexity index is 442. The van der Waals surface area contributed by atoms with Crippen LogP contribution in [0.15, 0.2) is 30.3 Å². The van der Waals surface area contributed by atoms with Crippen molar-refractivity contribution >= 4 is 24.8 Å². The lowest BCUT2D eigenvalue weighted by molar-refractivity contribution is 0.734. The molecule has 0 radical (unpaired) electrons. The van der Waals surface area contributed by atoms with Crippen LogP contribution in [0.5, 0.6) is 0 Å². The van der Waals surface area contributed by atoms with Crippen molar-refractivity contribution in [2.24, 2.45) is 0 Å². The van der Waals surface area contributed by atoms with E-state index in [1.165, 1.54) is 0 Å². The highest BCUT2D eigenvalue weighted by Gasteiger charge is 2.08. The number of para-hydroxylation sites is 1. The Morgan fingerprint density at radius 1 is 1.12 bits per heavy atom. The molecule has 94 valence electrons. The predicted molar refractivity (Wildman–Crippen MR) is 73.4 cm³/mol. The molecule has 6 heteroatoms. The molecule has 0 fully saturated rings. The molecule has 17 heavy (non-hydrogen) atoms. The van der Waals surface area contributed by atoms with Crippen LogP contribution < -0.4 is 5.32 Å². The summed E-state index contributed by atoms with van der Waals surface area (Å²) in [7, 11) is 1.90. The first kappa shape index (κ1) is 15.9. The molecule has 1 heterocycles. The molecule has 2 aromatic rings. The van der Waals surface area contributed by atoms with Gasteiger partial charge in [0.25, 0.3) is 0 Å². The summed E-state index contributed by atoms with van der Waals surface area (Å²) in [5, 5.41) is 11.3. The van der Waals surface area contributed by atoms with Gasteiger partial charge in [-0.3, -0.25) is 4.57 Å². The lowest BCUT2D eigenvalue weighted by Gasteiger charge is -2.07. The maximum atomic E-state index is 4.13. The summed E-state index contributed by atoms with van der Waals surface area (Å²) in [6, 6.07) is 10.1. The molecule has 0 aliphatic rings. The van der Waals surface area contributed by atoms with E-state index in [0.29, 0.717) is 0 Å². The van der Waals surface area contributed by atoms with E-state index in [0.717, 1.165) is 23.9 Å². The molecule has 0 saturated heterocycles. The number of benzene rings is 1. The predicted octanol–water partition coefficient (Wildman–Crippen LogP) is 2.14. The van der Waals surface area contributed by atoms with Crippen LogP contribution in [0.1, 0.15) is 11.6 Å². The van der Waals surface area contributed by atoms with Crippen molar-refractivity contribution < 1.29 is 0 Å². The number of hydrogen-bond acceptors (Lipinski definition) is 3. The lowest BCUT2D eigenvalue weighted by atomic mass is 10.3. The van der Waals surface area contributed by atoms with Gasteiger partial charge in [0.05, 0.1) is 6.54 Å². The van der Waals surface area contributed by atoms with Gasteiger partial charge < -0.3 is 5.32 Å². The summed E-state index contributed by atoms with van der Waals surface area (Å²) in [6.07, 6.45) is 0. The van der Waals surface area contributed by atoms with Crippen LogP contribution in [0.3, 0.4) is 0 Å². The highest BCUT2D eigenvalue weighted by atomic mass is 35.5. The second-order valence-electron chi connectivity index (χ2n) is 3.36. The summed E-state index contributed by atoms with van der Waals surface area (Å²) in [6.45, 7) is 2.68. The fraction of sp³-hybridized carbons (Fsp3) is 0.273. The number of rotatable bonds is 3. The molecular formula is C11H16Cl2N4. The van der Waals surface area contributed by atoms with Gasteiger partial charge in [0.15, 0.2) is 5.82 Å². The standard InChI is InChI=1S/C11H14N4.2ClH/c1-9-13-14-11(8-12-2)15(9)10-6-4-3-5-7-10;;/h3-7,12H,8H2,1-2H3;2*1H. The third kappa shape index (κ3) is 3.43. The second-order valence-corrected chi connectivity index (χ2v) is 3.36. The number of halogens is 2. The first-order chi connectivity index (χ1) is 7.33. The summed E-state index contributed by atoms with van der Waals surface area (Å²) in [5.74, 6) is 1.84. The molecule has 0 amide bonds. The smallest absolute Gasteiger partial charge is 0.151 e. The minimum atomic E-state index is 0. The minimum Gasteiger partial charge on any atom is -0.313 e. The Morgan fingerprint density at radius 3 is 2.35 bits per heavy atom. The van der Waals surface area contributed by atoms with E-state index in [-0.39, 0.29) is 24.8 Å². The fourth-order valence-electron chi connectivity index (χ4n) is 1.59. The molecule has 0 aliphatic heterocycles. The van der Waals surface area contributed by atoms with Gasteiger partial charge in [0, 0.05) is 5.69 Å². The molecule has 0 unspecified atom stereocenters. The number of hydrogen-bond donors (Lipinski definition) is 1. The molecular weight excluding hydrogens is 259 g/mol. The van der Waals surface area contributed by atoms with Crippen molar-refractivity contribution in [2.45, 2.75) is 13.5 Å². The quantitative estimate of drug-likeness (QED) is 0.933. The number of nitrogens with zero attached hydrogens (tertiary/aromatic N) is 3. The largest absolute Gasteiger partial charge is 0.313 e. The highest BCUT2D eigenvalue weighted by Crippen LogP contribution is 2.11. The zero-order valence-electron chi connectivity index (χ0n) is 9.75. The maximum absolute atomic E-state index is 4.13. The Labute approximate surface area is 113 Å². The average Bonchev–Trinajstić information content (AvgIpc) is 2.62. The van der Waals surface area contributed by atoms with Crippen LogP contribution in [0.2, 0.25) is 0 Å². The zero-order valence-corrected chi connectivity index (χ0v) is 11.4. The van der Waals surface area contributed by atoms with Crippen molar-refractivity contribution in [2.75, 3.05) is 7.05 Å². The van der Waals surface area contributed by atoms with E-state index in [4.69, 9.17) is 0 Å². The van der Waals surface area contributed by atoms with Gasteiger partial charge in [-0.05, 0) is 26.1 Å². The minimum absolute atomic E-state index is 0. The molecule has 2 rings (SSSR count). The van der Waals surface area contributed by atoms with Crippen molar-refractivity contribution in [3.8, 4) is 5.69 Å².